The fraction of sp³-hybridized carbons (Fsp3) is 0.647. The lowest BCUT2D eigenvalue weighted by atomic mass is 9.99. The van der Waals surface area contributed by atoms with Gasteiger partial charge in [-0.15, -0.1) is 0 Å². The summed E-state index contributed by atoms with van der Waals surface area (Å²) < 4.78 is 17.3. The highest BCUT2D eigenvalue weighted by Crippen LogP contribution is 2.35. The summed E-state index contributed by atoms with van der Waals surface area (Å²) in [6.07, 6.45) is 4.54. The van der Waals surface area contributed by atoms with Gasteiger partial charge in [0.1, 0.15) is 0 Å². The topological polar surface area (TPSA) is 95.4 Å². The normalized spacial score (nSPS) is 27.3. The van der Waals surface area contributed by atoms with Gasteiger partial charge >= 0.3 is 5.97 Å². The molecular formula is C17H22N4O5. The number of ether oxygens (including phenoxy) is 3. The Morgan fingerprint density at radius 1 is 1.27 bits per heavy atom. The number of hydrogen-bond acceptors (Lipinski definition) is 9. The zero-order chi connectivity index (χ0) is 18.0. The van der Waals surface area contributed by atoms with Crippen molar-refractivity contribution in [1.82, 2.24) is 9.97 Å². The third-order valence-electron chi connectivity index (χ3n) is 4.97. The molecule has 0 radical (unpaired) electrons. The second-order valence-electron chi connectivity index (χ2n) is 6.52. The van der Waals surface area contributed by atoms with E-state index in [1.54, 1.807) is 25.4 Å². The van der Waals surface area contributed by atoms with Gasteiger partial charge in [-0.2, -0.15) is 0 Å². The zero-order valence-electron chi connectivity index (χ0n) is 14.7. The van der Waals surface area contributed by atoms with Crippen LogP contribution in [0.5, 0.6) is 0 Å². The van der Waals surface area contributed by atoms with Gasteiger partial charge in [0.25, 0.3) is 0 Å². The highest BCUT2D eigenvalue weighted by molar-refractivity contribution is 6.37. The first-order valence-electron chi connectivity index (χ1n) is 8.91. The second kappa shape index (κ2) is 7.16. The Labute approximate surface area is 151 Å². The smallest absolute Gasteiger partial charge is 0.356 e. The monoisotopic (exact) mass is 362 g/mol. The average molecular weight is 362 g/mol. The van der Waals surface area contributed by atoms with E-state index in [1.807, 2.05) is 0 Å². The number of hydrogen-bond donors (Lipinski definition) is 0. The maximum absolute atomic E-state index is 12.0. The standard InChI is InChI=1S/C17H22N4O5/c1-2-23-15(22)14-12-10-24-17(25-11-13(12)26-20-14)4-8-21(9-5-17)16-18-6-3-7-19-16/h3,6-7,12-13H,2,4-5,8-11H2,1H3. The Kier molecular flexibility index (Phi) is 4.73. The van der Waals surface area contributed by atoms with Crippen molar-refractivity contribution in [2.24, 2.45) is 11.1 Å². The third-order valence-corrected chi connectivity index (χ3v) is 4.97. The molecular weight excluding hydrogens is 340 g/mol. The van der Waals surface area contributed by atoms with Gasteiger partial charge in [0.2, 0.25) is 5.95 Å². The molecule has 0 aromatic carbocycles. The summed E-state index contributed by atoms with van der Waals surface area (Å²) in [6, 6.07) is 1.80. The maximum Gasteiger partial charge on any atom is 0.356 e. The lowest BCUT2D eigenvalue weighted by Crippen LogP contribution is -2.48. The zero-order valence-corrected chi connectivity index (χ0v) is 14.7. The molecule has 0 amide bonds. The molecule has 4 heterocycles. The van der Waals surface area contributed by atoms with Crippen molar-refractivity contribution in [3.63, 3.8) is 0 Å². The van der Waals surface area contributed by atoms with Gasteiger partial charge < -0.3 is 23.9 Å². The Morgan fingerprint density at radius 3 is 2.73 bits per heavy atom. The van der Waals surface area contributed by atoms with Crippen molar-refractivity contribution in [1.29, 1.82) is 0 Å². The number of oxime groups is 1. The van der Waals surface area contributed by atoms with E-state index in [9.17, 15) is 4.79 Å². The molecule has 140 valence electrons. The van der Waals surface area contributed by atoms with Crippen molar-refractivity contribution in [3.8, 4) is 0 Å². The number of anilines is 1. The first kappa shape index (κ1) is 17.2. The Hall–Kier alpha value is -2.26. The predicted octanol–water partition coefficient (Wildman–Crippen LogP) is 0.754. The molecule has 0 aliphatic carbocycles. The third kappa shape index (κ3) is 3.24. The van der Waals surface area contributed by atoms with Crippen molar-refractivity contribution in [2.75, 3.05) is 37.8 Å². The van der Waals surface area contributed by atoms with Crippen molar-refractivity contribution >= 4 is 17.6 Å². The SMILES string of the molecule is CCOC(=O)C1=NOC2COC3(CCN(c4ncccn4)CC3)OCC12. The molecule has 9 nitrogen and oxygen atoms in total. The Balaban J connectivity index is 1.39. The number of nitrogens with zero attached hydrogens (tertiary/aromatic N) is 4. The van der Waals surface area contributed by atoms with Crippen LogP contribution in [0.4, 0.5) is 5.95 Å². The molecule has 1 aromatic rings. The second-order valence-corrected chi connectivity index (χ2v) is 6.52. The largest absolute Gasteiger partial charge is 0.461 e. The van der Waals surface area contributed by atoms with Gasteiger partial charge in [-0.1, -0.05) is 5.16 Å². The summed E-state index contributed by atoms with van der Waals surface area (Å²) in [5.74, 6) is -0.661. The van der Waals surface area contributed by atoms with Gasteiger partial charge in [0, 0.05) is 38.3 Å². The van der Waals surface area contributed by atoms with Crippen molar-refractivity contribution in [2.45, 2.75) is 31.7 Å². The van der Waals surface area contributed by atoms with E-state index in [4.69, 9.17) is 19.0 Å². The molecule has 0 saturated carbocycles. The lowest BCUT2D eigenvalue weighted by Gasteiger charge is -2.40. The van der Waals surface area contributed by atoms with Crippen LogP contribution in [0.2, 0.25) is 0 Å². The minimum atomic E-state index is -0.668. The van der Waals surface area contributed by atoms with Crippen LogP contribution in [0.15, 0.2) is 23.6 Å². The van der Waals surface area contributed by atoms with E-state index < -0.39 is 11.8 Å². The highest BCUT2D eigenvalue weighted by Gasteiger charge is 2.47. The van der Waals surface area contributed by atoms with E-state index in [0.717, 1.165) is 13.1 Å². The molecule has 2 fully saturated rings. The van der Waals surface area contributed by atoms with Crippen LogP contribution in [-0.4, -0.2) is 66.5 Å². The number of esters is 1. The predicted molar refractivity (Wildman–Crippen MR) is 90.5 cm³/mol. The minimum absolute atomic E-state index is 0.260. The number of carbonyl (C=O) groups is 1. The Morgan fingerprint density at radius 2 is 2.00 bits per heavy atom. The van der Waals surface area contributed by atoms with E-state index in [-0.39, 0.29) is 17.7 Å². The molecule has 2 saturated heterocycles. The Bertz CT molecular complexity index is 675. The average Bonchev–Trinajstić information content (AvgIpc) is 3.02. The molecule has 0 N–H and O–H groups in total. The van der Waals surface area contributed by atoms with Gasteiger partial charge in [-0.25, -0.2) is 14.8 Å². The van der Waals surface area contributed by atoms with Crippen LogP contribution in [-0.2, 0) is 23.8 Å². The highest BCUT2D eigenvalue weighted by atomic mass is 16.7. The maximum atomic E-state index is 12.0. The number of aromatic nitrogens is 2. The quantitative estimate of drug-likeness (QED) is 0.727. The number of piperidine rings is 1. The summed E-state index contributed by atoms with van der Waals surface area (Å²) in [5.41, 5.74) is 0.285. The van der Waals surface area contributed by atoms with E-state index in [0.29, 0.717) is 38.6 Å². The molecule has 9 heteroatoms. The number of fused-ring (bicyclic) bond motifs is 1. The lowest BCUT2D eigenvalue weighted by molar-refractivity contribution is -0.240. The molecule has 0 bridgehead atoms. The first-order chi connectivity index (χ1) is 12.7. The van der Waals surface area contributed by atoms with Crippen LogP contribution in [0.3, 0.4) is 0 Å². The molecule has 26 heavy (non-hydrogen) atoms. The van der Waals surface area contributed by atoms with Gasteiger partial charge in [-0.05, 0) is 13.0 Å². The summed E-state index contributed by atoms with van der Waals surface area (Å²) in [4.78, 5) is 28.1. The molecule has 1 spiro atoms. The van der Waals surface area contributed by atoms with Crippen LogP contribution in [0.1, 0.15) is 19.8 Å². The fourth-order valence-corrected chi connectivity index (χ4v) is 3.48. The molecule has 1 aromatic heterocycles. The summed E-state index contributed by atoms with van der Waals surface area (Å²) in [6.45, 7) is 4.19. The van der Waals surface area contributed by atoms with Gasteiger partial charge in [0.05, 0.1) is 25.7 Å². The molecule has 3 aliphatic heterocycles. The molecule has 2 unspecified atom stereocenters. The van der Waals surface area contributed by atoms with Gasteiger partial charge in [0.15, 0.2) is 17.6 Å². The van der Waals surface area contributed by atoms with Crippen LogP contribution in [0.25, 0.3) is 0 Å². The first-order valence-corrected chi connectivity index (χ1v) is 8.91. The van der Waals surface area contributed by atoms with Crippen LogP contribution in [0, 0.1) is 5.92 Å². The van der Waals surface area contributed by atoms with Crippen LogP contribution >= 0.6 is 0 Å². The van der Waals surface area contributed by atoms with E-state index in [2.05, 4.69) is 20.0 Å². The van der Waals surface area contributed by atoms with E-state index >= 15 is 0 Å². The minimum Gasteiger partial charge on any atom is -0.461 e. The summed E-state index contributed by atoms with van der Waals surface area (Å²) >= 11 is 0. The van der Waals surface area contributed by atoms with Gasteiger partial charge in [-0.3, -0.25) is 0 Å². The molecule has 3 aliphatic rings. The summed E-state index contributed by atoms with van der Waals surface area (Å²) in [7, 11) is 0. The van der Waals surface area contributed by atoms with Crippen molar-refractivity contribution < 1.29 is 23.8 Å². The fourth-order valence-electron chi connectivity index (χ4n) is 3.48. The number of carbonyl (C=O) groups excluding carboxylic acids is 1. The molecule has 2 atom stereocenters. The molecule has 4 rings (SSSR count). The van der Waals surface area contributed by atoms with Crippen LogP contribution < -0.4 is 4.90 Å². The van der Waals surface area contributed by atoms with Crippen molar-refractivity contribution in [3.05, 3.63) is 18.5 Å². The summed E-state index contributed by atoms with van der Waals surface area (Å²) in [5, 5.41) is 3.88. The van der Waals surface area contributed by atoms with E-state index in [1.165, 1.54) is 0 Å². The number of rotatable bonds is 3.